The first-order valence-corrected chi connectivity index (χ1v) is 15.1. The van der Waals surface area contributed by atoms with Crippen LogP contribution in [-0.2, 0) is 61.3 Å². The van der Waals surface area contributed by atoms with Crippen LogP contribution >= 0.6 is 0 Å². The summed E-state index contributed by atoms with van der Waals surface area (Å²) in [5, 5.41) is 0. The van der Waals surface area contributed by atoms with Crippen LogP contribution in [0.25, 0.3) is 0 Å². The van der Waals surface area contributed by atoms with Gasteiger partial charge in [0.2, 0.25) is 0 Å². The number of hydrogen-bond acceptors (Lipinski definition) is 13. The summed E-state index contributed by atoms with van der Waals surface area (Å²) in [6.07, 6.45) is 0. The Bertz CT molecular complexity index is 403. The van der Waals surface area contributed by atoms with Crippen molar-refractivity contribution in [2.45, 2.75) is 6.92 Å². The van der Waals surface area contributed by atoms with Gasteiger partial charge in [-0.25, -0.2) is 0 Å². The third-order valence-electron chi connectivity index (χ3n) is 4.73. The highest BCUT2D eigenvalue weighted by molar-refractivity contribution is 5.97. The summed E-state index contributed by atoms with van der Waals surface area (Å²) in [5.74, 6) is 0. The maximum Gasteiger partial charge on any atom is 0.146 e. The lowest BCUT2D eigenvalue weighted by atomic mass is 10.6. The molecule has 0 aliphatic carbocycles. The van der Waals surface area contributed by atoms with Gasteiger partial charge in [-0.1, -0.05) is 0 Å². The Morgan fingerprint density at radius 1 is 0.250 bits per heavy atom. The van der Waals surface area contributed by atoms with E-state index < -0.39 is 0 Å². The molecule has 13 nitrogen and oxygen atoms in total. The van der Waals surface area contributed by atoms with Crippen LogP contribution < -0.4 is 0 Å². The monoisotopic (exact) mass is 604 g/mol. The normalized spacial score (nSPS) is 11.6. The Balaban J connectivity index is 3.01. The van der Waals surface area contributed by atoms with Crippen LogP contribution in [0.1, 0.15) is 6.92 Å². The second-order valence-corrected chi connectivity index (χ2v) is 8.50. The van der Waals surface area contributed by atoms with Gasteiger partial charge in [-0.2, -0.15) is 0 Å². The van der Waals surface area contributed by atoms with Gasteiger partial charge in [0, 0.05) is 6.61 Å². The summed E-state index contributed by atoms with van der Waals surface area (Å²) in [7, 11) is 0.746. The van der Waals surface area contributed by atoms with Crippen molar-refractivity contribution in [2.75, 3.05) is 165 Å². The molecule has 0 N–H and O–H groups in total. The molecular formula is C26H56O13Si. The van der Waals surface area contributed by atoms with Crippen LogP contribution in [0.5, 0.6) is 0 Å². The third-order valence-corrected chi connectivity index (χ3v) is 5.14. The minimum atomic E-state index is 0.518. The van der Waals surface area contributed by atoms with E-state index in [4.69, 9.17) is 61.3 Å². The molecule has 0 aliphatic heterocycles. The first kappa shape index (κ1) is 39.7. The van der Waals surface area contributed by atoms with Crippen molar-refractivity contribution in [3.8, 4) is 0 Å². The van der Waals surface area contributed by atoms with E-state index in [1.165, 1.54) is 0 Å². The second-order valence-electron chi connectivity index (χ2n) is 7.93. The van der Waals surface area contributed by atoms with Crippen molar-refractivity contribution in [1.29, 1.82) is 0 Å². The Morgan fingerprint density at radius 2 is 0.400 bits per heavy atom. The van der Waals surface area contributed by atoms with E-state index in [0.717, 1.165) is 10.5 Å². The van der Waals surface area contributed by atoms with E-state index in [9.17, 15) is 0 Å². The summed E-state index contributed by atoms with van der Waals surface area (Å²) in [4.78, 5) is 0. The standard InChI is InChI=1S/C26H56O13Si/c1-2-27-3-4-28-5-6-29-7-8-30-9-10-31-11-12-32-13-14-33-15-16-34-17-18-35-19-20-36-21-22-37-23-24-38-25-26-39-40/h2-26H2,1,40H3. The zero-order valence-corrected chi connectivity index (χ0v) is 27.0. The lowest BCUT2D eigenvalue weighted by Crippen LogP contribution is -2.15. The lowest BCUT2D eigenvalue weighted by Gasteiger charge is -2.09. The van der Waals surface area contributed by atoms with Crippen LogP contribution in [0.3, 0.4) is 0 Å². The van der Waals surface area contributed by atoms with Crippen molar-refractivity contribution >= 4 is 10.5 Å². The molecule has 14 heteroatoms. The highest BCUT2D eigenvalue weighted by atomic mass is 28.2. The highest BCUT2D eigenvalue weighted by Crippen LogP contribution is 1.87. The molecule has 0 aromatic rings. The molecule has 0 aliphatic rings. The molecule has 0 atom stereocenters. The second kappa shape index (κ2) is 38.7. The minimum absolute atomic E-state index is 0.518. The smallest absolute Gasteiger partial charge is 0.146 e. The number of hydrogen-bond donors (Lipinski definition) is 0. The van der Waals surface area contributed by atoms with Gasteiger partial charge in [-0.3, -0.25) is 0 Å². The van der Waals surface area contributed by atoms with E-state index in [-0.39, 0.29) is 0 Å². The van der Waals surface area contributed by atoms with Gasteiger partial charge in [-0.05, 0) is 6.92 Å². The molecule has 0 heterocycles. The van der Waals surface area contributed by atoms with Gasteiger partial charge >= 0.3 is 0 Å². The molecule has 0 fully saturated rings. The molecule has 0 saturated carbocycles. The van der Waals surface area contributed by atoms with E-state index >= 15 is 0 Å². The lowest BCUT2D eigenvalue weighted by molar-refractivity contribution is -0.0284. The first-order chi connectivity index (χ1) is 19.9. The highest BCUT2D eigenvalue weighted by Gasteiger charge is 1.96. The molecule has 0 radical (unpaired) electrons. The van der Waals surface area contributed by atoms with Crippen molar-refractivity contribution in [3.05, 3.63) is 0 Å². The fourth-order valence-corrected chi connectivity index (χ4v) is 2.87. The molecule has 40 heavy (non-hydrogen) atoms. The Kier molecular flexibility index (Phi) is 38.4. The van der Waals surface area contributed by atoms with Gasteiger partial charge in [0.1, 0.15) is 10.5 Å². The van der Waals surface area contributed by atoms with Crippen molar-refractivity contribution in [3.63, 3.8) is 0 Å². The van der Waals surface area contributed by atoms with Gasteiger partial charge in [-0.15, -0.1) is 0 Å². The minimum Gasteiger partial charge on any atom is -0.426 e. The predicted octanol–water partition coefficient (Wildman–Crippen LogP) is -0.497. The van der Waals surface area contributed by atoms with Gasteiger partial charge < -0.3 is 61.3 Å². The maximum absolute atomic E-state index is 5.47. The average Bonchev–Trinajstić information content (AvgIpc) is 2.97. The average molecular weight is 605 g/mol. The van der Waals surface area contributed by atoms with Crippen molar-refractivity contribution < 1.29 is 61.3 Å². The molecule has 242 valence electrons. The van der Waals surface area contributed by atoms with E-state index in [1.807, 2.05) is 6.92 Å². The summed E-state index contributed by atoms with van der Waals surface area (Å²) in [6.45, 7) is 15.8. The zero-order valence-electron chi connectivity index (χ0n) is 25.0. The predicted molar refractivity (Wildman–Crippen MR) is 151 cm³/mol. The maximum atomic E-state index is 5.47. The largest absolute Gasteiger partial charge is 0.426 e. The molecule has 0 saturated heterocycles. The van der Waals surface area contributed by atoms with Gasteiger partial charge in [0.15, 0.2) is 0 Å². The Labute approximate surface area is 244 Å². The van der Waals surface area contributed by atoms with E-state index in [1.54, 1.807) is 0 Å². The van der Waals surface area contributed by atoms with Crippen LogP contribution in [0.4, 0.5) is 0 Å². The first-order valence-electron chi connectivity index (χ1n) is 14.3. The van der Waals surface area contributed by atoms with E-state index in [2.05, 4.69) is 0 Å². The van der Waals surface area contributed by atoms with Gasteiger partial charge in [0.05, 0.1) is 159 Å². The molecule has 0 unspecified atom stereocenters. The van der Waals surface area contributed by atoms with Crippen LogP contribution in [0.2, 0.25) is 0 Å². The quantitative estimate of drug-likeness (QED) is 0.0670. The fourth-order valence-electron chi connectivity index (χ4n) is 2.71. The topological polar surface area (TPSA) is 120 Å². The summed E-state index contributed by atoms with van der Waals surface area (Å²) < 4.78 is 69.9. The molecule has 0 amide bonds. The summed E-state index contributed by atoms with van der Waals surface area (Å²) in [6, 6.07) is 0. The molecule has 0 aromatic carbocycles. The molecule has 0 rings (SSSR count). The number of rotatable bonds is 37. The summed E-state index contributed by atoms with van der Waals surface area (Å²) >= 11 is 0. The third kappa shape index (κ3) is 37.7. The van der Waals surface area contributed by atoms with E-state index in [0.29, 0.717) is 165 Å². The van der Waals surface area contributed by atoms with Crippen molar-refractivity contribution in [2.24, 2.45) is 0 Å². The van der Waals surface area contributed by atoms with Crippen LogP contribution in [0, 0.1) is 0 Å². The molecule has 0 bridgehead atoms. The Morgan fingerprint density at radius 3 is 0.550 bits per heavy atom. The van der Waals surface area contributed by atoms with Crippen molar-refractivity contribution in [1.82, 2.24) is 0 Å². The van der Waals surface area contributed by atoms with Gasteiger partial charge in [0.25, 0.3) is 0 Å². The SMILES string of the molecule is CCOCCOCCOCCOCCOCCOCCOCCOCCOCCOCCOCCOCCO[SiH3]. The fraction of sp³-hybridized carbons (Fsp3) is 1.00. The molecular weight excluding hydrogens is 548 g/mol. The van der Waals surface area contributed by atoms with Crippen LogP contribution in [-0.4, -0.2) is 176 Å². The number of ether oxygens (including phenoxy) is 12. The van der Waals surface area contributed by atoms with Crippen LogP contribution in [0.15, 0.2) is 0 Å². The Hall–Kier alpha value is -0.303. The molecule has 0 aromatic heterocycles. The molecule has 0 spiro atoms. The summed E-state index contributed by atoms with van der Waals surface area (Å²) in [5.41, 5.74) is 0. The zero-order chi connectivity index (χ0) is 28.9.